The third-order valence-electron chi connectivity index (χ3n) is 10.2. The minimum atomic E-state index is -1.16. The van der Waals surface area contributed by atoms with Crippen LogP contribution in [0.15, 0.2) is 54.6 Å². The Balaban J connectivity index is 1.02. The van der Waals surface area contributed by atoms with E-state index in [1.54, 1.807) is 30.3 Å². The molecular formula is C32H32N2O7. The molecule has 0 unspecified atom stereocenters. The van der Waals surface area contributed by atoms with Gasteiger partial charge in [-0.2, -0.15) is 0 Å². The van der Waals surface area contributed by atoms with Crippen LogP contribution in [0.25, 0.3) is 0 Å². The van der Waals surface area contributed by atoms with Gasteiger partial charge in [-0.3, -0.25) is 33.8 Å². The van der Waals surface area contributed by atoms with Gasteiger partial charge < -0.3 is 4.74 Å². The first-order valence-corrected chi connectivity index (χ1v) is 14.7. The van der Waals surface area contributed by atoms with Crippen molar-refractivity contribution in [2.24, 2.45) is 47.3 Å². The first-order chi connectivity index (χ1) is 19.8. The van der Waals surface area contributed by atoms with Crippen molar-refractivity contribution in [2.75, 3.05) is 13.2 Å². The lowest BCUT2D eigenvalue weighted by molar-refractivity contribution is -0.159. The number of likely N-dealkylation sites (tertiary alicyclic amines) is 2. The van der Waals surface area contributed by atoms with Gasteiger partial charge in [-0.25, -0.2) is 4.79 Å². The van der Waals surface area contributed by atoms with Crippen LogP contribution in [0.5, 0.6) is 0 Å². The van der Waals surface area contributed by atoms with Gasteiger partial charge in [0, 0.05) is 12.1 Å². The molecule has 4 bridgehead atoms. The molecule has 2 saturated heterocycles. The predicted octanol–water partition coefficient (Wildman–Crippen LogP) is 2.57. The summed E-state index contributed by atoms with van der Waals surface area (Å²) in [6.07, 6.45) is 10.7. The van der Waals surface area contributed by atoms with E-state index in [1.807, 2.05) is 12.2 Å². The molecule has 0 radical (unpaired) electrons. The normalized spacial score (nSPS) is 34.6. The molecule has 6 aliphatic rings. The summed E-state index contributed by atoms with van der Waals surface area (Å²) in [7, 11) is 0. The number of ether oxygens (including phenoxy) is 1. The number of carbonyl (C=O) groups is 6. The first kappa shape index (κ1) is 26.0. The number of carbonyl (C=O) groups excluding carboxylic acids is 6. The molecule has 212 valence electrons. The quantitative estimate of drug-likeness (QED) is 0.143. The van der Waals surface area contributed by atoms with E-state index in [-0.39, 0.29) is 77.9 Å². The number of allylic oxidation sites excluding steroid dienone is 4. The van der Waals surface area contributed by atoms with Gasteiger partial charge in [0.2, 0.25) is 23.6 Å². The van der Waals surface area contributed by atoms with E-state index in [1.165, 1.54) is 4.90 Å². The molecule has 1 aromatic carbocycles. The average molecular weight is 557 g/mol. The topological polar surface area (TPSA) is 118 Å². The van der Waals surface area contributed by atoms with Gasteiger partial charge in [-0.1, -0.05) is 54.6 Å². The molecule has 7 rings (SSSR count). The molecule has 4 aliphatic carbocycles. The summed E-state index contributed by atoms with van der Waals surface area (Å²) in [6, 6.07) is 7.30. The van der Waals surface area contributed by atoms with Crippen LogP contribution in [0.2, 0.25) is 0 Å². The maximum Gasteiger partial charge on any atom is 0.329 e. The van der Waals surface area contributed by atoms with Crippen LogP contribution in [-0.4, -0.2) is 64.4 Å². The molecular weight excluding hydrogens is 524 g/mol. The van der Waals surface area contributed by atoms with E-state index in [9.17, 15) is 28.8 Å². The monoisotopic (exact) mass is 556 g/mol. The van der Waals surface area contributed by atoms with Gasteiger partial charge >= 0.3 is 5.97 Å². The Kier molecular flexibility index (Phi) is 6.28. The lowest BCUT2D eigenvalue weighted by Crippen LogP contribution is -2.47. The molecule has 0 spiro atoms. The minimum Gasteiger partial charge on any atom is -0.456 e. The summed E-state index contributed by atoms with van der Waals surface area (Å²) in [5, 5.41) is 0. The molecule has 9 nitrogen and oxygen atoms in total. The van der Waals surface area contributed by atoms with E-state index in [0.717, 1.165) is 17.7 Å². The van der Waals surface area contributed by atoms with Crippen molar-refractivity contribution in [3.63, 3.8) is 0 Å². The van der Waals surface area contributed by atoms with Crippen molar-refractivity contribution in [1.82, 2.24) is 9.80 Å². The molecule has 0 aromatic heterocycles. The Morgan fingerprint density at radius 2 is 1.24 bits per heavy atom. The molecule has 9 heteroatoms. The summed E-state index contributed by atoms with van der Waals surface area (Å²) < 4.78 is 5.39. The maximum absolute atomic E-state index is 13.5. The SMILES string of the molecule is O=C(COC(=O)[C@H](CCCCN1C(=O)[C@@H]2[C@@H](C1=O)[C@H]1C=C[C@H]2C1)N1C(=O)[C@@H]2[C@H](C1=O)[C@H]1C=C[C@H]2C1)c1ccccc1. The fraction of sp³-hybridized carbons (Fsp3) is 0.500. The smallest absolute Gasteiger partial charge is 0.329 e. The number of rotatable bonds is 10. The van der Waals surface area contributed by atoms with E-state index >= 15 is 0 Å². The second-order valence-corrected chi connectivity index (χ2v) is 12.3. The van der Waals surface area contributed by atoms with Crippen LogP contribution in [0.4, 0.5) is 0 Å². The predicted molar refractivity (Wildman–Crippen MR) is 143 cm³/mol. The van der Waals surface area contributed by atoms with Crippen LogP contribution in [0.1, 0.15) is 42.5 Å². The molecule has 2 heterocycles. The number of hydrogen-bond acceptors (Lipinski definition) is 7. The van der Waals surface area contributed by atoms with E-state index in [4.69, 9.17) is 4.74 Å². The highest BCUT2D eigenvalue weighted by Crippen LogP contribution is 2.54. The van der Waals surface area contributed by atoms with Crippen molar-refractivity contribution in [2.45, 2.75) is 38.1 Å². The standard InChI is InChI=1S/C32H32N2O7/c35-23(17-6-2-1-3-7-17)16-41-32(40)22(34-30(38)26-20-11-12-21(15-20)27(26)31(34)39)8-4-5-13-33-28(36)24-18-9-10-19(14-18)25(24)29(33)37/h1-3,6-7,9-12,18-22,24-27H,4-5,8,13-16H2/t18-,19-,20-,21-,22-,24-,25-,26-,27+/m0/s1. The molecule has 2 aliphatic heterocycles. The zero-order valence-corrected chi connectivity index (χ0v) is 22.6. The van der Waals surface area contributed by atoms with Crippen molar-refractivity contribution < 1.29 is 33.5 Å². The zero-order valence-electron chi connectivity index (χ0n) is 22.6. The molecule has 4 fully saturated rings. The summed E-state index contributed by atoms with van der Waals surface area (Å²) in [5.41, 5.74) is 0.399. The van der Waals surface area contributed by atoms with Gasteiger partial charge in [0.25, 0.3) is 0 Å². The van der Waals surface area contributed by atoms with Gasteiger partial charge in [0.15, 0.2) is 12.4 Å². The fourth-order valence-electron chi connectivity index (χ4n) is 8.32. The number of amides is 4. The van der Waals surface area contributed by atoms with E-state index in [0.29, 0.717) is 18.4 Å². The number of unbranched alkanes of at least 4 members (excludes halogenated alkanes) is 1. The number of ketones is 1. The lowest BCUT2D eigenvalue weighted by Gasteiger charge is -2.26. The van der Waals surface area contributed by atoms with Gasteiger partial charge in [0.1, 0.15) is 6.04 Å². The molecule has 4 amide bonds. The number of nitrogens with zero attached hydrogens (tertiary/aromatic N) is 2. The molecule has 41 heavy (non-hydrogen) atoms. The summed E-state index contributed by atoms with van der Waals surface area (Å²) in [5.74, 6) is -3.26. The summed E-state index contributed by atoms with van der Waals surface area (Å²) in [4.78, 5) is 81.4. The highest BCUT2D eigenvalue weighted by atomic mass is 16.5. The highest BCUT2D eigenvalue weighted by molar-refractivity contribution is 6.09. The fourth-order valence-corrected chi connectivity index (χ4v) is 8.32. The third-order valence-corrected chi connectivity index (χ3v) is 10.2. The van der Waals surface area contributed by atoms with Crippen molar-refractivity contribution in [1.29, 1.82) is 0 Å². The third kappa shape index (κ3) is 4.03. The maximum atomic E-state index is 13.5. The zero-order chi connectivity index (χ0) is 28.4. The van der Waals surface area contributed by atoms with Crippen LogP contribution in [0.3, 0.4) is 0 Å². The van der Waals surface area contributed by atoms with Crippen LogP contribution < -0.4 is 0 Å². The van der Waals surface area contributed by atoms with Crippen LogP contribution in [0, 0.1) is 47.3 Å². The second-order valence-electron chi connectivity index (χ2n) is 12.3. The summed E-state index contributed by atoms with van der Waals surface area (Å²) in [6.45, 7) is -0.259. The number of benzene rings is 1. The molecule has 1 aromatic rings. The first-order valence-electron chi connectivity index (χ1n) is 14.7. The Hall–Kier alpha value is -3.88. The minimum absolute atomic E-state index is 0.000736. The highest BCUT2D eigenvalue weighted by Gasteiger charge is 2.61. The molecule has 0 N–H and O–H groups in total. The van der Waals surface area contributed by atoms with Crippen molar-refractivity contribution in [3.05, 3.63) is 60.2 Å². The number of esters is 1. The number of fused-ring (bicyclic) bond motifs is 10. The van der Waals surface area contributed by atoms with Gasteiger partial charge in [-0.05, 0) is 55.8 Å². The van der Waals surface area contributed by atoms with Crippen molar-refractivity contribution >= 4 is 35.4 Å². The Morgan fingerprint density at radius 1 is 0.732 bits per heavy atom. The number of imide groups is 2. The number of Topliss-reactive ketones (excluding diaryl/α,β-unsaturated/α-hetero) is 1. The number of hydrogen-bond donors (Lipinski definition) is 0. The van der Waals surface area contributed by atoms with Gasteiger partial charge in [-0.15, -0.1) is 0 Å². The van der Waals surface area contributed by atoms with Gasteiger partial charge in [0.05, 0.1) is 23.7 Å². The van der Waals surface area contributed by atoms with E-state index in [2.05, 4.69) is 12.2 Å². The molecule has 9 atom stereocenters. The van der Waals surface area contributed by atoms with Crippen LogP contribution >= 0.6 is 0 Å². The van der Waals surface area contributed by atoms with E-state index < -0.39 is 30.5 Å². The Bertz CT molecular complexity index is 1340. The largest absolute Gasteiger partial charge is 0.456 e. The average Bonchev–Trinajstić information content (AvgIpc) is 3.83. The Labute approximate surface area is 237 Å². The van der Waals surface area contributed by atoms with Crippen LogP contribution in [-0.2, 0) is 28.7 Å². The summed E-state index contributed by atoms with van der Waals surface area (Å²) >= 11 is 0. The second kappa shape index (κ2) is 9.89. The lowest BCUT2D eigenvalue weighted by atomic mass is 9.85. The molecule has 2 saturated carbocycles. The Morgan fingerprint density at radius 3 is 1.78 bits per heavy atom. The van der Waals surface area contributed by atoms with Crippen molar-refractivity contribution in [3.8, 4) is 0 Å².